The van der Waals surface area contributed by atoms with Crippen LogP contribution in [0.15, 0.2) is 6.33 Å². The van der Waals surface area contributed by atoms with Crippen molar-refractivity contribution >= 4 is 0 Å². The molecule has 0 radical (unpaired) electrons. The monoisotopic (exact) mass is 284 g/mol. The average Bonchev–Trinajstić information content (AvgIpc) is 3.19. The van der Waals surface area contributed by atoms with Gasteiger partial charge in [-0.1, -0.05) is 0 Å². The van der Waals surface area contributed by atoms with Crippen molar-refractivity contribution in [2.45, 2.75) is 32.0 Å². The van der Waals surface area contributed by atoms with Crippen LogP contribution >= 0.6 is 0 Å². The predicted octanol–water partition coefficient (Wildman–Crippen LogP) is 0.210. The van der Waals surface area contributed by atoms with Gasteiger partial charge in [-0.15, -0.1) is 0 Å². The van der Waals surface area contributed by atoms with Crippen molar-refractivity contribution in [2.75, 3.05) is 40.1 Å². The Kier molecular flexibility index (Phi) is 6.93. The topological polar surface area (TPSA) is 70.4 Å². The van der Waals surface area contributed by atoms with Crippen LogP contribution < -0.4 is 5.32 Å². The standard InChI is InChI=1S/C13H24N4O3/c1-18-6-7-20-9-8-19-5-4-17-13(15-11-16-17)10-14-12-2-3-12/h11-12,14H,2-10H2,1H3. The number of hydrogen-bond donors (Lipinski definition) is 1. The molecule has 0 saturated heterocycles. The van der Waals surface area contributed by atoms with Gasteiger partial charge in [-0.3, -0.25) is 0 Å². The molecule has 0 amide bonds. The summed E-state index contributed by atoms with van der Waals surface area (Å²) in [6, 6.07) is 0.681. The molecule has 1 aromatic heterocycles. The number of aromatic nitrogens is 3. The summed E-state index contributed by atoms with van der Waals surface area (Å²) >= 11 is 0. The summed E-state index contributed by atoms with van der Waals surface area (Å²) in [6.45, 7) is 4.54. The molecule has 2 rings (SSSR count). The van der Waals surface area contributed by atoms with Gasteiger partial charge in [-0.25, -0.2) is 9.67 Å². The molecule has 0 bridgehead atoms. The lowest BCUT2D eigenvalue weighted by atomic mass is 10.5. The summed E-state index contributed by atoms with van der Waals surface area (Å²) in [7, 11) is 1.66. The van der Waals surface area contributed by atoms with E-state index in [9.17, 15) is 0 Å². The molecule has 1 aliphatic carbocycles. The summed E-state index contributed by atoms with van der Waals surface area (Å²) in [4.78, 5) is 4.26. The number of nitrogens with one attached hydrogen (secondary N) is 1. The minimum absolute atomic E-state index is 0.591. The maximum absolute atomic E-state index is 5.51. The largest absolute Gasteiger partial charge is 0.382 e. The van der Waals surface area contributed by atoms with E-state index in [0.717, 1.165) is 18.9 Å². The highest BCUT2D eigenvalue weighted by atomic mass is 16.5. The second kappa shape index (κ2) is 9.02. The van der Waals surface area contributed by atoms with Crippen molar-refractivity contribution in [3.63, 3.8) is 0 Å². The molecule has 0 atom stereocenters. The Bertz CT molecular complexity index is 368. The molecule has 1 N–H and O–H groups in total. The van der Waals surface area contributed by atoms with E-state index >= 15 is 0 Å². The average molecular weight is 284 g/mol. The molecule has 0 spiro atoms. The summed E-state index contributed by atoms with van der Waals surface area (Å²) in [6.07, 6.45) is 4.15. The molecule has 0 unspecified atom stereocenters. The molecule has 7 nitrogen and oxygen atoms in total. The van der Waals surface area contributed by atoms with Gasteiger partial charge in [0.1, 0.15) is 12.2 Å². The quantitative estimate of drug-likeness (QED) is 0.553. The van der Waals surface area contributed by atoms with Gasteiger partial charge in [0.25, 0.3) is 0 Å². The zero-order valence-electron chi connectivity index (χ0n) is 12.1. The Labute approximate surface area is 119 Å². The third-order valence-corrected chi connectivity index (χ3v) is 3.07. The molecule has 1 saturated carbocycles. The van der Waals surface area contributed by atoms with Crippen LogP contribution in [0.3, 0.4) is 0 Å². The molecule has 1 heterocycles. The maximum Gasteiger partial charge on any atom is 0.140 e. The fraction of sp³-hybridized carbons (Fsp3) is 0.846. The van der Waals surface area contributed by atoms with Gasteiger partial charge in [-0.05, 0) is 12.8 Å². The third kappa shape index (κ3) is 5.96. The molecule has 20 heavy (non-hydrogen) atoms. The fourth-order valence-corrected chi connectivity index (χ4v) is 1.75. The smallest absolute Gasteiger partial charge is 0.140 e. The zero-order valence-corrected chi connectivity index (χ0v) is 12.1. The fourth-order valence-electron chi connectivity index (χ4n) is 1.75. The van der Waals surface area contributed by atoms with Crippen LogP contribution in [-0.2, 0) is 27.3 Å². The Morgan fingerprint density at radius 3 is 2.70 bits per heavy atom. The summed E-state index contributed by atoms with van der Waals surface area (Å²) in [5.74, 6) is 0.969. The molecular weight excluding hydrogens is 260 g/mol. The summed E-state index contributed by atoms with van der Waals surface area (Å²) < 4.78 is 17.6. The van der Waals surface area contributed by atoms with Gasteiger partial charge in [0.2, 0.25) is 0 Å². The van der Waals surface area contributed by atoms with E-state index in [0.29, 0.717) is 39.1 Å². The van der Waals surface area contributed by atoms with Gasteiger partial charge in [0.05, 0.1) is 46.1 Å². The first-order chi connectivity index (χ1) is 9.90. The Morgan fingerprint density at radius 2 is 1.95 bits per heavy atom. The van der Waals surface area contributed by atoms with Crippen molar-refractivity contribution in [1.29, 1.82) is 0 Å². The van der Waals surface area contributed by atoms with E-state index in [4.69, 9.17) is 14.2 Å². The van der Waals surface area contributed by atoms with E-state index in [2.05, 4.69) is 15.4 Å². The van der Waals surface area contributed by atoms with Crippen molar-refractivity contribution in [1.82, 2.24) is 20.1 Å². The summed E-state index contributed by atoms with van der Waals surface area (Å²) in [5, 5.41) is 7.64. The number of nitrogens with zero attached hydrogens (tertiary/aromatic N) is 3. The van der Waals surface area contributed by atoms with Crippen LogP contribution in [0.25, 0.3) is 0 Å². The van der Waals surface area contributed by atoms with Crippen LogP contribution in [0.2, 0.25) is 0 Å². The van der Waals surface area contributed by atoms with Gasteiger partial charge in [0.15, 0.2) is 0 Å². The minimum atomic E-state index is 0.591. The van der Waals surface area contributed by atoms with Crippen molar-refractivity contribution < 1.29 is 14.2 Å². The molecule has 114 valence electrons. The maximum atomic E-state index is 5.51. The first kappa shape index (κ1) is 15.4. The Balaban J connectivity index is 1.51. The lowest BCUT2D eigenvalue weighted by Gasteiger charge is -2.08. The van der Waals surface area contributed by atoms with Crippen LogP contribution in [0.5, 0.6) is 0 Å². The number of hydrogen-bond acceptors (Lipinski definition) is 6. The number of rotatable bonds is 12. The molecule has 1 aromatic rings. The molecule has 0 aromatic carbocycles. The van der Waals surface area contributed by atoms with Crippen molar-refractivity contribution in [3.05, 3.63) is 12.2 Å². The number of ether oxygens (including phenoxy) is 3. The lowest BCUT2D eigenvalue weighted by Crippen LogP contribution is -2.20. The highest BCUT2D eigenvalue weighted by Crippen LogP contribution is 2.18. The van der Waals surface area contributed by atoms with Gasteiger partial charge in [-0.2, -0.15) is 5.10 Å². The van der Waals surface area contributed by atoms with Gasteiger partial charge < -0.3 is 19.5 Å². The zero-order chi connectivity index (χ0) is 14.0. The van der Waals surface area contributed by atoms with Crippen LogP contribution in [-0.4, -0.2) is 61.0 Å². The molecule has 1 aliphatic rings. The van der Waals surface area contributed by atoms with E-state index in [1.54, 1.807) is 13.4 Å². The van der Waals surface area contributed by atoms with E-state index in [1.165, 1.54) is 12.8 Å². The van der Waals surface area contributed by atoms with Crippen LogP contribution in [0, 0.1) is 0 Å². The van der Waals surface area contributed by atoms with Crippen LogP contribution in [0.1, 0.15) is 18.7 Å². The van der Waals surface area contributed by atoms with Gasteiger partial charge >= 0.3 is 0 Å². The van der Waals surface area contributed by atoms with Crippen molar-refractivity contribution in [3.8, 4) is 0 Å². The summed E-state index contributed by atoms with van der Waals surface area (Å²) in [5.41, 5.74) is 0. The third-order valence-electron chi connectivity index (χ3n) is 3.07. The predicted molar refractivity (Wildman–Crippen MR) is 73.4 cm³/mol. The molecule has 7 heteroatoms. The molecular formula is C13H24N4O3. The lowest BCUT2D eigenvalue weighted by molar-refractivity contribution is 0.0224. The SMILES string of the molecule is COCCOCCOCCn1ncnc1CNC1CC1. The van der Waals surface area contributed by atoms with E-state index < -0.39 is 0 Å². The second-order valence-electron chi connectivity index (χ2n) is 4.77. The second-order valence-corrected chi connectivity index (χ2v) is 4.77. The number of methoxy groups -OCH3 is 1. The first-order valence-electron chi connectivity index (χ1n) is 7.14. The highest BCUT2D eigenvalue weighted by Gasteiger charge is 2.20. The first-order valence-corrected chi connectivity index (χ1v) is 7.14. The van der Waals surface area contributed by atoms with E-state index in [1.807, 2.05) is 4.68 Å². The van der Waals surface area contributed by atoms with Gasteiger partial charge in [0, 0.05) is 13.2 Å². The molecule has 0 aliphatic heterocycles. The van der Waals surface area contributed by atoms with Crippen LogP contribution in [0.4, 0.5) is 0 Å². The van der Waals surface area contributed by atoms with Crippen molar-refractivity contribution in [2.24, 2.45) is 0 Å². The minimum Gasteiger partial charge on any atom is -0.382 e. The molecule has 1 fully saturated rings. The Morgan fingerprint density at radius 1 is 1.20 bits per heavy atom. The van der Waals surface area contributed by atoms with E-state index in [-0.39, 0.29) is 0 Å². The highest BCUT2D eigenvalue weighted by molar-refractivity contribution is 4.88. The Hall–Kier alpha value is -1.02. The normalized spacial score (nSPS) is 14.8.